The van der Waals surface area contributed by atoms with Crippen molar-refractivity contribution in [3.63, 3.8) is 0 Å². The quantitative estimate of drug-likeness (QED) is 0.870. The molecule has 98 valence electrons. The lowest BCUT2D eigenvalue weighted by Crippen LogP contribution is -2.35. The molecule has 0 bridgehead atoms. The number of hydrogen-bond acceptors (Lipinski definition) is 2. The molecule has 0 saturated heterocycles. The Labute approximate surface area is 99.8 Å². The second kappa shape index (κ2) is 5.39. The van der Waals surface area contributed by atoms with Gasteiger partial charge in [-0.3, -0.25) is 4.79 Å². The second-order valence-corrected chi connectivity index (χ2v) is 3.42. The van der Waals surface area contributed by atoms with Crippen LogP contribution < -0.4 is 5.32 Å². The number of likely N-dealkylation sites (N-methyl/N-ethyl adjacent to an activating group) is 1. The van der Waals surface area contributed by atoms with Crippen LogP contribution in [0.4, 0.5) is 23.7 Å². The van der Waals surface area contributed by atoms with Gasteiger partial charge in [-0.25, -0.2) is 18.0 Å². The predicted octanol–water partition coefficient (Wildman–Crippen LogP) is 1.65. The predicted molar refractivity (Wildman–Crippen MR) is 55.6 cm³/mol. The summed E-state index contributed by atoms with van der Waals surface area (Å²) in [4.78, 5) is 22.4. The van der Waals surface area contributed by atoms with Gasteiger partial charge in [0.05, 0.1) is 0 Å². The highest BCUT2D eigenvalue weighted by Gasteiger charge is 2.17. The van der Waals surface area contributed by atoms with Gasteiger partial charge >= 0.3 is 12.0 Å². The van der Waals surface area contributed by atoms with Crippen LogP contribution >= 0.6 is 0 Å². The van der Waals surface area contributed by atoms with E-state index in [2.05, 4.69) is 0 Å². The number of carboxylic acid groups (broad SMARTS) is 1. The normalized spacial score (nSPS) is 10.0. The molecule has 1 aromatic rings. The Morgan fingerprint density at radius 1 is 1.28 bits per heavy atom. The maximum absolute atomic E-state index is 13.2. The number of carbonyl (C=O) groups excluding carboxylic acids is 1. The summed E-state index contributed by atoms with van der Waals surface area (Å²) in [7, 11) is 1.13. The zero-order chi connectivity index (χ0) is 13.9. The molecule has 0 radical (unpaired) electrons. The molecule has 8 heteroatoms. The third-order valence-corrected chi connectivity index (χ3v) is 1.96. The summed E-state index contributed by atoms with van der Waals surface area (Å²) >= 11 is 0. The van der Waals surface area contributed by atoms with Crippen molar-refractivity contribution in [3.8, 4) is 0 Å². The molecule has 0 aliphatic heterocycles. The molecule has 2 amide bonds. The van der Waals surface area contributed by atoms with Gasteiger partial charge in [0.25, 0.3) is 0 Å². The van der Waals surface area contributed by atoms with Crippen molar-refractivity contribution in [1.29, 1.82) is 0 Å². The Bertz CT molecular complexity index is 470. The molecule has 0 heterocycles. The van der Waals surface area contributed by atoms with Gasteiger partial charge in [-0.2, -0.15) is 0 Å². The third-order valence-electron chi connectivity index (χ3n) is 1.96. The molecule has 2 N–H and O–H groups in total. The molecular weight excluding hydrogens is 253 g/mol. The number of nitrogens with one attached hydrogen (secondary N) is 1. The minimum absolute atomic E-state index is 0.399. The molecular formula is C10H9F3N2O3. The number of anilines is 1. The van der Waals surface area contributed by atoms with E-state index in [4.69, 9.17) is 5.11 Å². The summed E-state index contributed by atoms with van der Waals surface area (Å²) in [5.74, 6) is -4.98. The van der Waals surface area contributed by atoms with Crippen LogP contribution in [0.15, 0.2) is 12.1 Å². The fourth-order valence-corrected chi connectivity index (χ4v) is 1.14. The maximum atomic E-state index is 13.2. The summed E-state index contributed by atoms with van der Waals surface area (Å²) in [5, 5.41) is 10.2. The Morgan fingerprint density at radius 2 is 1.78 bits per heavy atom. The molecule has 0 atom stereocenters. The topological polar surface area (TPSA) is 69.6 Å². The lowest BCUT2D eigenvalue weighted by atomic mass is 10.3. The Hall–Kier alpha value is -2.25. The first kappa shape index (κ1) is 13.8. The summed E-state index contributed by atoms with van der Waals surface area (Å²) in [6.07, 6.45) is 0. The molecule has 0 spiro atoms. The summed E-state index contributed by atoms with van der Waals surface area (Å²) in [6, 6.07) is -0.229. The van der Waals surface area contributed by atoms with Crippen molar-refractivity contribution in [1.82, 2.24) is 4.90 Å². The molecule has 18 heavy (non-hydrogen) atoms. The van der Waals surface area contributed by atoms with Crippen molar-refractivity contribution in [2.45, 2.75) is 0 Å². The molecule has 5 nitrogen and oxygen atoms in total. The number of carbonyl (C=O) groups is 2. The molecule has 0 unspecified atom stereocenters. The Morgan fingerprint density at radius 3 is 2.22 bits per heavy atom. The van der Waals surface area contributed by atoms with Gasteiger partial charge in [0.15, 0.2) is 11.6 Å². The summed E-state index contributed by atoms with van der Waals surface area (Å²) in [6.45, 7) is -0.643. The van der Waals surface area contributed by atoms with Crippen LogP contribution in [0.2, 0.25) is 0 Å². The van der Waals surface area contributed by atoms with Crippen LogP contribution in [-0.4, -0.2) is 35.6 Å². The smallest absolute Gasteiger partial charge is 0.323 e. The first-order valence-corrected chi connectivity index (χ1v) is 4.69. The van der Waals surface area contributed by atoms with E-state index >= 15 is 0 Å². The highest BCUT2D eigenvalue weighted by atomic mass is 19.1. The first-order chi connectivity index (χ1) is 8.31. The minimum Gasteiger partial charge on any atom is -0.480 e. The van der Waals surface area contributed by atoms with Crippen LogP contribution in [0.1, 0.15) is 0 Å². The van der Waals surface area contributed by atoms with E-state index in [9.17, 15) is 22.8 Å². The average Bonchev–Trinajstić information content (AvgIpc) is 2.21. The number of carboxylic acids is 1. The van der Waals surface area contributed by atoms with E-state index in [-0.39, 0.29) is 0 Å². The van der Waals surface area contributed by atoms with E-state index in [1.165, 1.54) is 0 Å². The van der Waals surface area contributed by atoms with Gasteiger partial charge in [-0.05, 0) is 0 Å². The number of hydrogen-bond donors (Lipinski definition) is 2. The van der Waals surface area contributed by atoms with Gasteiger partial charge in [0.1, 0.15) is 18.0 Å². The summed E-state index contributed by atoms with van der Waals surface area (Å²) < 4.78 is 38.9. The van der Waals surface area contributed by atoms with Gasteiger partial charge in [-0.15, -0.1) is 0 Å². The van der Waals surface area contributed by atoms with Gasteiger partial charge in [-0.1, -0.05) is 0 Å². The van der Waals surface area contributed by atoms with E-state index in [0.717, 1.165) is 7.05 Å². The van der Waals surface area contributed by atoms with Crippen molar-refractivity contribution < 1.29 is 27.9 Å². The van der Waals surface area contributed by atoms with E-state index in [1.54, 1.807) is 0 Å². The molecule has 1 aromatic carbocycles. The SMILES string of the molecule is CN(CC(=O)O)C(=O)Nc1c(F)cc(F)cc1F. The molecule has 0 aromatic heterocycles. The number of rotatable bonds is 3. The van der Waals surface area contributed by atoms with E-state index in [0.29, 0.717) is 17.0 Å². The standard InChI is InChI=1S/C10H9F3N2O3/c1-15(4-8(16)17)10(18)14-9-6(12)2-5(11)3-7(9)13/h2-3H,4H2,1H3,(H,14,18)(H,16,17). The lowest BCUT2D eigenvalue weighted by Gasteiger charge is -2.16. The van der Waals surface area contributed by atoms with Crippen molar-refractivity contribution in [2.24, 2.45) is 0 Å². The number of aliphatic carboxylic acids is 1. The lowest BCUT2D eigenvalue weighted by molar-refractivity contribution is -0.137. The largest absolute Gasteiger partial charge is 0.480 e. The van der Waals surface area contributed by atoms with E-state index in [1.807, 2.05) is 5.32 Å². The van der Waals surface area contributed by atoms with Crippen molar-refractivity contribution in [3.05, 3.63) is 29.6 Å². The Kier molecular flexibility index (Phi) is 4.13. The number of benzene rings is 1. The summed E-state index contributed by atoms with van der Waals surface area (Å²) in [5.41, 5.74) is -0.835. The monoisotopic (exact) mass is 262 g/mol. The third kappa shape index (κ3) is 3.37. The van der Waals surface area contributed by atoms with Crippen LogP contribution in [0.25, 0.3) is 0 Å². The molecule has 0 aliphatic rings. The number of urea groups is 1. The van der Waals surface area contributed by atoms with Crippen LogP contribution in [0.5, 0.6) is 0 Å². The van der Waals surface area contributed by atoms with E-state index < -0.39 is 41.7 Å². The maximum Gasteiger partial charge on any atom is 0.323 e. The fraction of sp³-hybridized carbons (Fsp3) is 0.200. The molecule has 0 fully saturated rings. The Balaban J connectivity index is 2.85. The minimum atomic E-state index is -1.29. The number of amides is 2. The van der Waals surface area contributed by atoms with Crippen molar-refractivity contribution >= 4 is 17.7 Å². The highest BCUT2D eigenvalue weighted by molar-refractivity contribution is 5.91. The first-order valence-electron chi connectivity index (χ1n) is 4.69. The molecule has 1 rings (SSSR count). The molecule has 0 saturated carbocycles. The van der Waals surface area contributed by atoms with Crippen LogP contribution in [0.3, 0.4) is 0 Å². The van der Waals surface area contributed by atoms with Crippen LogP contribution in [-0.2, 0) is 4.79 Å². The second-order valence-electron chi connectivity index (χ2n) is 3.42. The highest BCUT2D eigenvalue weighted by Crippen LogP contribution is 2.20. The van der Waals surface area contributed by atoms with Crippen LogP contribution in [0, 0.1) is 17.5 Å². The van der Waals surface area contributed by atoms with Gasteiger partial charge in [0, 0.05) is 19.2 Å². The molecule has 0 aliphatic carbocycles. The number of halogens is 3. The zero-order valence-electron chi connectivity index (χ0n) is 9.21. The van der Waals surface area contributed by atoms with Gasteiger partial charge < -0.3 is 15.3 Å². The van der Waals surface area contributed by atoms with Crippen molar-refractivity contribution in [2.75, 3.05) is 18.9 Å². The zero-order valence-corrected chi connectivity index (χ0v) is 9.21. The average molecular weight is 262 g/mol. The van der Waals surface area contributed by atoms with Gasteiger partial charge in [0.2, 0.25) is 0 Å². The number of nitrogens with zero attached hydrogens (tertiary/aromatic N) is 1. The fourth-order valence-electron chi connectivity index (χ4n) is 1.14.